The number of ether oxygens (including phenoxy) is 2. The Morgan fingerprint density at radius 3 is 2.37 bits per heavy atom. The second kappa shape index (κ2) is 12.9. The number of rotatable bonds is 5. The average molecular weight is 733 g/mol. The van der Waals surface area contributed by atoms with Gasteiger partial charge in [-0.2, -0.15) is 23.1 Å². The smallest absolute Gasteiger partial charge is 0.418 e. The number of nitrogens with zero attached hydrogens (tertiary/aromatic N) is 6. The van der Waals surface area contributed by atoms with E-state index in [0.29, 0.717) is 37.3 Å². The predicted molar refractivity (Wildman–Crippen MR) is 187 cm³/mol. The number of pyridine rings is 1. The molecule has 276 valence electrons. The summed E-state index contributed by atoms with van der Waals surface area (Å²) < 4.78 is 72.5. The minimum absolute atomic E-state index is 0.0516. The molecule has 2 unspecified atom stereocenters. The number of benzene rings is 1. The summed E-state index contributed by atoms with van der Waals surface area (Å²) in [6.45, 7) is 10.5. The third-order valence-electron chi connectivity index (χ3n) is 11.2. The highest BCUT2D eigenvalue weighted by atomic mass is 35.5. The summed E-state index contributed by atoms with van der Waals surface area (Å²) in [6, 6.07) is 2.67. The van der Waals surface area contributed by atoms with Crippen LogP contribution in [0, 0.1) is 25.1 Å². The maximum absolute atomic E-state index is 17.0. The van der Waals surface area contributed by atoms with E-state index in [1.165, 1.54) is 19.1 Å². The molecular weight excluding hydrogens is 688 g/mol. The molecule has 4 atom stereocenters. The standard InChI is InChI=1S/C37H45ClF4N6O3/c1-20-15-21(2)43-31(28(20)37(40,41)42)27-25(38)16-24-30(29(27)39)44-33(50-19-36-12-7-9-26(36)46(6)14-8-13-36)45-32(24)47-17-22-10-11-23(18-47)48(22)34(49)51-35(3,4)5/h15-16,22-23,26H,7-14,17-19H2,1-6H3/t22?,23?,26-,36-/m1/s1. The van der Waals surface area contributed by atoms with E-state index in [-0.39, 0.29) is 51.1 Å². The quantitative estimate of drug-likeness (QED) is 0.242. The van der Waals surface area contributed by atoms with Crippen LogP contribution in [0.5, 0.6) is 6.01 Å². The number of hydrogen-bond acceptors (Lipinski definition) is 8. The maximum Gasteiger partial charge on any atom is 0.418 e. The molecular formula is C37H45ClF4N6O3. The van der Waals surface area contributed by atoms with Crippen molar-refractivity contribution in [3.63, 3.8) is 0 Å². The minimum Gasteiger partial charge on any atom is -0.463 e. The van der Waals surface area contributed by atoms with Crippen molar-refractivity contribution in [3.8, 4) is 17.3 Å². The van der Waals surface area contributed by atoms with Crippen LogP contribution in [-0.4, -0.2) is 87.9 Å². The van der Waals surface area contributed by atoms with E-state index >= 15 is 4.39 Å². The number of carbonyl (C=O) groups excluding carboxylic acids is 1. The molecule has 1 saturated carbocycles. The van der Waals surface area contributed by atoms with E-state index in [0.717, 1.165) is 51.5 Å². The molecule has 0 spiro atoms. The number of aromatic nitrogens is 3. The molecule has 0 N–H and O–H groups in total. The van der Waals surface area contributed by atoms with Crippen molar-refractivity contribution in [2.45, 2.75) is 109 Å². The summed E-state index contributed by atoms with van der Waals surface area (Å²) in [6.07, 6.45) is 1.47. The van der Waals surface area contributed by atoms with Crippen LogP contribution in [0.1, 0.15) is 82.5 Å². The van der Waals surface area contributed by atoms with Crippen LogP contribution in [0.25, 0.3) is 22.2 Å². The molecule has 3 aromatic rings. The predicted octanol–water partition coefficient (Wildman–Crippen LogP) is 8.35. The van der Waals surface area contributed by atoms with Crippen LogP contribution in [0.15, 0.2) is 12.1 Å². The number of alkyl halides is 3. The second-order valence-electron chi connectivity index (χ2n) is 15.9. The summed E-state index contributed by atoms with van der Waals surface area (Å²) in [4.78, 5) is 33.0. The first-order valence-electron chi connectivity index (χ1n) is 17.8. The first-order valence-corrected chi connectivity index (χ1v) is 18.2. The Morgan fingerprint density at radius 2 is 1.71 bits per heavy atom. The van der Waals surface area contributed by atoms with Gasteiger partial charge in [0.1, 0.15) is 16.9 Å². The van der Waals surface area contributed by atoms with E-state index in [1.54, 1.807) is 11.8 Å². The summed E-state index contributed by atoms with van der Waals surface area (Å²) in [5, 5.41) is 0.000711. The lowest BCUT2D eigenvalue weighted by Crippen LogP contribution is -2.57. The normalized spacial score (nSPS) is 25.4. The SMILES string of the molecule is Cc1cc(C)c(C(F)(F)F)c(-c2c(Cl)cc3c(N4CC5CCC(C4)N5C(=O)OC(C)(C)C)nc(OC[C@]45CCC[C@H]4N(C)CCC5)nc3c2F)n1. The van der Waals surface area contributed by atoms with Crippen LogP contribution >= 0.6 is 11.6 Å². The molecule has 2 aromatic heterocycles. The van der Waals surface area contributed by atoms with Crippen LogP contribution in [0.4, 0.5) is 28.2 Å². The molecule has 1 amide bonds. The summed E-state index contributed by atoms with van der Waals surface area (Å²) in [7, 11) is 2.14. The van der Waals surface area contributed by atoms with Crippen molar-refractivity contribution < 1.29 is 31.8 Å². The Kier molecular flexibility index (Phi) is 9.08. The molecule has 1 aromatic carbocycles. The lowest BCUT2D eigenvalue weighted by molar-refractivity contribution is -0.137. The summed E-state index contributed by atoms with van der Waals surface area (Å²) in [5.74, 6) is -0.674. The zero-order chi connectivity index (χ0) is 36.6. The molecule has 1 aliphatic carbocycles. The Morgan fingerprint density at radius 1 is 1.02 bits per heavy atom. The summed E-state index contributed by atoms with van der Waals surface area (Å²) in [5.41, 5.74) is -2.87. The fraction of sp³-hybridized carbons (Fsp3) is 0.622. The van der Waals surface area contributed by atoms with Gasteiger partial charge in [0.05, 0.1) is 40.5 Å². The number of carbonyl (C=O) groups is 1. The van der Waals surface area contributed by atoms with Crippen molar-refractivity contribution in [2.24, 2.45) is 5.41 Å². The lowest BCUT2D eigenvalue weighted by Gasteiger charge is -2.44. The Hall–Kier alpha value is -3.45. The third-order valence-corrected chi connectivity index (χ3v) is 11.5. The van der Waals surface area contributed by atoms with Gasteiger partial charge in [0, 0.05) is 35.6 Å². The molecule has 51 heavy (non-hydrogen) atoms. The van der Waals surface area contributed by atoms with Crippen molar-refractivity contribution in [1.82, 2.24) is 24.8 Å². The molecule has 0 radical (unpaired) electrons. The molecule has 9 nitrogen and oxygen atoms in total. The third kappa shape index (κ3) is 6.57. The number of amides is 1. The number of anilines is 1. The van der Waals surface area contributed by atoms with Gasteiger partial charge >= 0.3 is 18.3 Å². The molecule has 5 heterocycles. The highest BCUT2D eigenvalue weighted by Gasteiger charge is 2.48. The average Bonchev–Trinajstić information content (AvgIpc) is 3.57. The van der Waals surface area contributed by atoms with Gasteiger partial charge < -0.3 is 19.3 Å². The van der Waals surface area contributed by atoms with E-state index in [1.807, 2.05) is 25.7 Å². The second-order valence-corrected chi connectivity index (χ2v) is 16.3. The van der Waals surface area contributed by atoms with Crippen molar-refractivity contribution in [2.75, 3.05) is 38.2 Å². The van der Waals surface area contributed by atoms with Gasteiger partial charge in [0.15, 0.2) is 5.82 Å². The van der Waals surface area contributed by atoms with Gasteiger partial charge in [0.2, 0.25) is 0 Å². The monoisotopic (exact) mass is 732 g/mol. The highest BCUT2D eigenvalue weighted by molar-refractivity contribution is 6.34. The molecule has 14 heteroatoms. The van der Waals surface area contributed by atoms with Gasteiger partial charge in [-0.25, -0.2) is 9.18 Å². The largest absolute Gasteiger partial charge is 0.463 e. The molecule has 2 bridgehead atoms. The molecule has 3 aliphatic heterocycles. The first kappa shape index (κ1) is 35.9. The Bertz CT molecular complexity index is 1850. The van der Waals surface area contributed by atoms with Crippen LogP contribution < -0.4 is 9.64 Å². The minimum atomic E-state index is -4.81. The van der Waals surface area contributed by atoms with Gasteiger partial charge in [-0.05, 0) is 104 Å². The van der Waals surface area contributed by atoms with Gasteiger partial charge in [-0.1, -0.05) is 18.0 Å². The number of aryl methyl sites for hydroxylation is 2. The molecule has 7 rings (SSSR count). The zero-order valence-electron chi connectivity index (χ0n) is 30.0. The number of hydrogen-bond donors (Lipinski definition) is 0. The van der Waals surface area contributed by atoms with Crippen LogP contribution in [-0.2, 0) is 10.9 Å². The summed E-state index contributed by atoms with van der Waals surface area (Å²) >= 11 is 6.73. The van der Waals surface area contributed by atoms with E-state index < -0.39 is 34.4 Å². The molecule has 4 fully saturated rings. The van der Waals surface area contributed by atoms with E-state index in [4.69, 9.17) is 26.1 Å². The van der Waals surface area contributed by atoms with Crippen molar-refractivity contribution >= 4 is 34.4 Å². The molecule has 4 aliphatic rings. The highest BCUT2D eigenvalue weighted by Crippen LogP contribution is 2.48. The van der Waals surface area contributed by atoms with E-state index in [2.05, 4.69) is 21.9 Å². The number of likely N-dealkylation sites (tertiary alicyclic amines) is 1. The van der Waals surface area contributed by atoms with Crippen molar-refractivity contribution in [3.05, 3.63) is 39.8 Å². The Labute approximate surface area is 300 Å². The lowest BCUT2D eigenvalue weighted by atomic mass is 9.76. The first-order chi connectivity index (χ1) is 24.0. The van der Waals surface area contributed by atoms with Gasteiger partial charge in [-0.3, -0.25) is 9.88 Å². The number of halogens is 5. The fourth-order valence-corrected chi connectivity index (χ4v) is 9.41. The number of piperidine rings is 1. The Balaban J connectivity index is 1.33. The van der Waals surface area contributed by atoms with Crippen LogP contribution in [0.2, 0.25) is 5.02 Å². The molecule has 3 saturated heterocycles. The zero-order valence-corrected chi connectivity index (χ0v) is 30.7. The van der Waals surface area contributed by atoms with E-state index in [9.17, 15) is 18.0 Å². The van der Waals surface area contributed by atoms with Gasteiger partial charge in [-0.15, -0.1) is 0 Å². The fourth-order valence-electron chi connectivity index (χ4n) is 9.13. The maximum atomic E-state index is 17.0. The topological polar surface area (TPSA) is 83.9 Å². The van der Waals surface area contributed by atoms with Crippen molar-refractivity contribution in [1.29, 1.82) is 0 Å². The number of fused-ring (bicyclic) bond motifs is 4. The van der Waals surface area contributed by atoms with Crippen LogP contribution in [0.3, 0.4) is 0 Å². The van der Waals surface area contributed by atoms with Gasteiger partial charge in [0.25, 0.3) is 0 Å². The number of piperazine rings is 1.